The first kappa shape index (κ1) is 21.7. The first-order chi connectivity index (χ1) is 15.1. The zero-order chi connectivity index (χ0) is 21.6. The fraction of sp³-hybridized carbons (Fsp3) is 0.385. The van der Waals surface area contributed by atoms with E-state index in [1.165, 1.54) is 36.8 Å². The molecule has 4 rings (SSSR count). The highest BCUT2D eigenvalue weighted by Gasteiger charge is 2.22. The molecule has 5 heteroatoms. The Morgan fingerprint density at radius 2 is 1.81 bits per heavy atom. The maximum atomic E-state index is 12.3. The highest BCUT2D eigenvalue weighted by molar-refractivity contribution is 7.14. The van der Waals surface area contributed by atoms with Crippen LogP contribution in [0.4, 0.5) is 10.8 Å². The lowest BCUT2D eigenvalue weighted by Gasteiger charge is -2.31. The zero-order valence-corrected chi connectivity index (χ0v) is 19.3. The molecule has 0 saturated carbocycles. The number of piperidine rings is 1. The predicted molar refractivity (Wildman–Crippen MR) is 129 cm³/mol. The smallest absolute Gasteiger partial charge is 0.230 e. The van der Waals surface area contributed by atoms with Crippen LogP contribution in [0.25, 0.3) is 0 Å². The molecule has 0 radical (unpaired) electrons. The van der Waals surface area contributed by atoms with Crippen LogP contribution in [-0.2, 0) is 17.8 Å². The van der Waals surface area contributed by atoms with E-state index >= 15 is 0 Å². The molecule has 3 aromatic rings. The third-order valence-corrected chi connectivity index (χ3v) is 6.99. The van der Waals surface area contributed by atoms with Crippen molar-refractivity contribution in [3.63, 3.8) is 0 Å². The quantitative estimate of drug-likeness (QED) is 0.460. The Balaban J connectivity index is 1.31. The standard InChI is InChI=1S/C26H31N3OS/c1-20-8-12-25(13-9-20)29(21(2)30)26-27-24(19-31-26)18-28-16-14-23(15-17-28)11-10-22-6-4-3-5-7-22/h3-9,12-13,19,23H,10-11,14-18H2,1-2H3. The van der Waals surface area contributed by atoms with Crippen LogP contribution in [-0.4, -0.2) is 28.9 Å². The van der Waals surface area contributed by atoms with E-state index in [0.717, 1.165) is 42.1 Å². The Kier molecular flexibility index (Phi) is 7.15. The zero-order valence-electron chi connectivity index (χ0n) is 18.5. The molecule has 0 atom stereocenters. The normalized spacial score (nSPS) is 15.2. The number of benzene rings is 2. The van der Waals surface area contributed by atoms with Gasteiger partial charge in [0.25, 0.3) is 0 Å². The molecule has 31 heavy (non-hydrogen) atoms. The minimum atomic E-state index is -0.0102. The van der Waals surface area contributed by atoms with Crippen molar-refractivity contribution in [2.45, 2.75) is 46.1 Å². The molecule has 2 aromatic carbocycles. The Hall–Kier alpha value is -2.50. The summed E-state index contributed by atoms with van der Waals surface area (Å²) in [4.78, 5) is 21.3. The van der Waals surface area contributed by atoms with Crippen LogP contribution in [0.3, 0.4) is 0 Å². The molecule has 0 N–H and O–H groups in total. The van der Waals surface area contributed by atoms with Crippen molar-refractivity contribution in [3.8, 4) is 0 Å². The number of hydrogen-bond acceptors (Lipinski definition) is 4. The summed E-state index contributed by atoms with van der Waals surface area (Å²) in [5.41, 5.74) is 4.56. The maximum Gasteiger partial charge on any atom is 0.230 e. The fourth-order valence-corrected chi connectivity index (χ4v) is 5.15. The molecule has 0 spiro atoms. The molecule has 0 unspecified atom stereocenters. The van der Waals surface area contributed by atoms with Crippen molar-refractivity contribution in [2.75, 3.05) is 18.0 Å². The topological polar surface area (TPSA) is 36.4 Å². The Morgan fingerprint density at radius 1 is 1.10 bits per heavy atom. The number of likely N-dealkylation sites (tertiary alicyclic amines) is 1. The van der Waals surface area contributed by atoms with Crippen LogP contribution in [0.15, 0.2) is 60.0 Å². The van der Waals surface area contributed by atoms with Gasteiger partial charge in [-0.2, -0.15) is 0 Å². The van der Waals surface area contributed by atoms with Crippen molar-refractivity contribution >= 4 is 28.1 Å². The summed E-state index contributed by atoms with van der Waals surface area (Å²) in [6.07, 6.45) is 4.98. The van der Waals surface area contributed by atoms with Gasteiger partial charge in [0.05, 0.1) is 11.4 Å². The molecule has 1 aromatic heterocycles. The molecule has 1 saturated heterocycles. The molecular formula is C26H31N3OS. The summed E-state index contributed by atoms with van der Waals surface area (Å²) >= 11 is 1.55. The number of anilines is 2. The van der Waals surface area contributed by atoms with Gasteiger partial charge < -0.3 is 0 Å². The second-order valence-corrected chi connectivity index (χ2v) is 9.39. The summed E-state index contributed by atoms with van der Waals surface area (Å²) in [5, 5.41) is 2.85. The van der Waals surface area contributed by atoms with Gasteiger partial charge in [-0.25, -0.2) is 4.98 Å². The number of rotatable bonds is 7. The van der Waals surface area contributed by atoms with Gasteiger partial charge in [0, 0.05) is 18.8 Å². The fourth-order valence-electron chi connectivity index (χ4n) is 4.27. The van der Waals surface area contributed by atoms with Gasteiger partial charge in [0.1, 0.15) is 0 Å². The predicted octanol–water partition coefficient (Wildman–Crippen LogP) is 5.98. The van der Waals surface area contributed by atoms with Crippen molar-refractivity contribution in [3.05, 3.63) is 76.8 Å². The number of hydrogen-bond donors (Lipinski definition) is 0. The van der Waals surface area contributed by atoms with E-state index in [1.54, 1.807) is 23.2 Å². The molecular weight excluding hydrogens is 402 g/mol. The Bertz CT molecular complexity index is 975. The Morgan fingerprint density at radius 3 is 2.48 bits per heavy atom. The molecule has 162 valence electrons. The van der Waals surface area contributed by atoms with E-state index in [9.17, 15) is 4.79 Å². The van der Waals surface area contributed by atoms with Crippen molar-refractivity contribution in [1.29, 1.82) is 0 Å². The van der Waals surface area contributed by atoms with Gasteiger partial charge in [-0.15, -0.1) is 11.3 Å². The van der Waals surface area contributed by atoms with Gasteiger partial charge in [-0.05, 0) is 69.3 Å². The van der Waals surface area contributed by atoms with Crippen molar-refractivity contribution in [1.82, 2.24) is 9.88 Å². The van der Waals surface area contributed by atoms with Crippen LogP contribution in [0, 0.1) is 12.8 Å². The van der Waals surface area contributed by atoms with Crippen LogP contribution in [0.1, 0.15) is 43.0 Å². The lowest BCUT2D eigenvalue weighted by atomic mass is 9.90. The highest BCUT2D eigenvalue weighted by atomic mass is 32.1. The van der Waals surface area contributed by atoms with Crippen molar-refractivity contribution < 1.29 is 4.79 Å². The van der Waals surface area contributed by atoms with E-state index < -0.39 is 0 Å². The number of thiazole rings is 1. The SMILES string of the molecule is CC(=O)N(c1ccc(C)cc1)c1nc(CN2CCC(CCc3ccccc3)CC2)cs1. The van der Waals surface area contributed by atoms with Gasteiger partial charge in [0.2, 0.25) is 5.91 Å². The van der Waals surface area contributed by atoms with Gasteiger partial charge in [-0.1, -0.05) is 48.0 Å². The van der Waals surface area contributed by atoms with Crippen molar-refractivity contribution in [2.24, 2.45) is 5.92 Å². The van der Waals surface area contributed by atoms with E-state index in [-0.39, 0.29) is 5.91 Å². The van der Waals surface area contributed by atoms with Crippen LogP contribution < -0.4 is 4.90 Å². The van der Waals surface area contributed by atoms with Gasteiger partial charge in [0.15, 0.2) is 5.13 Å². The number of carbonyl (C=O) groups excluding carboxylic acids is 1. The van der Waals surface area contributed by atoms with E-state index in [4.69, 9.17) is 4.98 Å². The van der Waals surface area contributed by atoms with Gasteiger partial charge in [-0.3, -0.25) is 14.6 Å². The lowest BCUT2D eigenvalue weighted by Crippen LogP contribution is -2.33. The summed E-state index contributed by atoms with van der Waals surface area (Å²) < 4.78 is 0. The van der Waals surface area contributed by atoms with E-state index in [0.29, 0.717) is 0 Å². The number of amides is 1. The molecule has 1 aliphatic heterocycles. The molecule has 4 nitrogen and oxygen atoms in total. The molecule has 0 bridgehead atoms. The second kappa shape index (κ2) is 10.2. The first-order valence-electron chi connectivity index (χ1n) is 11.2. The lowest BCUT2D eigenvalue weighted by molar-refractivity contribution is -0.115. The number of nitrogens with zero attached hydrogens (tertiary/aromatic N) is 3. The number of carbonyl (C=O) groups is 1. The average Bonchev–Trinajstić information content (AvgIpc) is 3.23. The van der Waals surface area contributed by atoms with Crippen LogP contribution in [0.2, 0.25) is 0 Å². The summed E-state index contributed by atoms with van der Waals surface area (Å²) in [7, 11) is 0. The second-order valence-electron chi connectivity index (χ2n) is 8.56. The summed E-state index contributed by atoms with van der Waals surface area (Å²) in [5.74, 6) is 0.807. The van der Waals surface area contributed by atoms with Crippen LogP contribution >= 0.6 is 11.3 Å². The largest absolute Gasteiger partial charge is 0.297 e. The third kappa shape index (κ3) is 5.81. The van der Waals surface area contributed by atoms with E-state index in [2.05, 4.69) is 40.6 Å². The summed E-state index contributed by atoms with van der Waals surface area (Å²) in [6, 6.07) is 18.8. The van der Waals surface area contributed by atoms with Gasteiger partial charge >= 0.3 is 0 Å². The van der Waals surface area contributed by atoms with E-state index in [1.807, 2.05) is 31.2 Å². The molecule has 2 heterocycles. The monoisotopic (exact) mass is 433 g/mol. The minimum Gasteiger partial charge on any atom is -0.297 e. The maximum absolute atomic E-state index is 12.3. The molecule has 1 aliphatic rings. The first-order valence-corrected chi connectivity index (χ1v) is 12.0. The highest BCUT2D eigenvalue weighted by Crippen LogP contribution is 2.30. The Labute approximate surface area is 189 Å². The minimum absolute atomic E-state index is 0.0102. The molecule has 1 amide bonds. The number of aryl methyl sites for hydroxylation is 2. The number of aromatic nitrogens is 1. The van der Waals surface area contributed by atoms with Crippen LogP contribution in [0.5, 0.6) is 0 Å². The average molecular weight is 434 g/mol. The third-order valence-electron chi connectivity index (χ3n) is 6.11. The summed E-state index contributed by atoms with van der Waals surface area (Å²) in [6.45, 7) is 6.76. The molecule has 1 fully saturated rings. The molecule has 0 aliphatic carbocycles.